The number of nitrogens with zero attached hydrogens (tertiary/aromatic N) is 4. The van der Waals surface area contributed by atoms with Crippen LogP contribution >= 0.6 is 0 Å². The van der Waals surface area contributed by atoms with Gasteiger partial charge in [-0.2, -0.15) is 5.10 Å². The molecule has 1 saturated heterocycles. The average molecular weight is 394 g/mol. The van der Waals surface area contributed by atoms with Crippen LogP contribution in [0, 0.1) is 12.7 Å². The molecule has 0 spiro atoms. The van der Waals surface area contributed by atoms with Crippen molar-refractivity contribution in [3.05, 3.63) is 71.8 Å². The largest absolute Gasteiger partial charge is 0.497 e. The van der Waals surface area contributed by atoms with Crippen LogP contribution in [-0.4, -0.2) is 53.9 Å². The number of halogens is 1. The number of amides is 1. The summed E-state index contributed by atoms with van der Waals surface area (Å²) in [6, 6.07) is 15.8. The molecule has 0 saturated carbocycles. The Hall–Kier alpha value is -3.35. The van der Waals surface area contributed by atoms with E-state index in [0.29, 0.717) is 18.8 Å². The molecule has 0 aliphatic carbocycles. The first-order valence-electron chi connectivity index (χ1n) is 9.56. The highest BCUT2D eigenvalue weighted by molar-refractivity contribution is 5.92. The Labute approximate surface area is 169 Å². The Kier molecular flexibility index (Phi) is 5.20. The Morgan fingerprint density at radius 1 is 0.966 bits per heavy atom. The molecule has 0 N–H and O–H groups in total. The number of methoxy groups -OCH3 is 1. The number of piperazine rings is 1. The smallest absolute Gasteiger partial charge is 0.274 e. The van der Waals surface area contributed by atoms with Crippen molar-refractivity contribution in [2.45, 2.75) is 6.92 Å². The lowest BCUT2D eigenvalue weighted by atomic mass is 10.2. The molecule has 2 heterocycles. The maximum atomic E-state index is 13.2. The molecule has 0 atom stereocenters. The zero-order valence-electron chi connectivity index (χ0n) is 16.5. The standard InChI is InChI=1S/C22H23FN4O2/c1-16-15-21(24-27(16)19-5-3-17(23)4-6-19)22(28)26-13-11-25(12-14-26)18-7-9-20(29-2)10-8-18/h3-10,15H,11-14H2,1-2H3. The molecule has 3 aromatic rings. The predicted octanol–water partition coefficient (Wildman–Crippen LogP) is 3.29. The predicted molar refractivity (Wildman–Crippen MR) is 109 cm³/mol. The summed E-state index contributed by atoms with van der Waals surface area (Å²) in [6.07, 6.45) is 0. The summed E-state index contributed by atoms with van der Waals surface area (Å²) in [7, 11) is 1.65. The van der Waals surface area contributed by atoms with Crippen LogP contribution < -0.4 is 9.64 Å². The van der Waals surface area contributed by atoms with Crippen LogP contribution in [0.5, 0.6) is 5.75 Å². The molecule has 1 aromatic heterocycles. The zero-order valence-corrected chi connectivity index (χ0v) is 16.5. The van der Waals surface area contributed by atoms with Gasteiger partial charge in [0.15, 0.2) is 5.69 Å². The normalized spacial score (nSPS) is 14.2. The van der Waals surface area contributed by atoms with Gasteiger partial charge in [-0.1, -0.05) is 0 Å². The van der Waals surface area contributed by atoms with Gasteiger partial charge in [0.2, 0.25) is 0 Å². The molecule has 1 fully saturated rings. The highest BCUT2D eigenvalue weighted by atomic mass is 19.1. The van der Waals surface area contributed by atoms with Crippen LogP contribution in [0.15, 0.2) is 54.6 Å². The van der Waals surface area contributed by atoms with E-state index in [0.717, 1.165) is 35.9 Å². The van der Waals surface area contributed by atoms with Crippen LogP contribution in [0.4, 0.5) is 10.1 Å². The monoisotopic (exact) mass is 394 g/mol. The molecule has 2 aromatic carbocycles. The fourth-order valence-corrected chi connectivity index (χ4v) is 3.55. The van der Waals surface area contributed by atoms with Crippen LogP contribution in [0.25, 0.3) is 5.69 Å². The molecule has 29 heavy (non-hydrogen) atoms. The molecule has 4 rings (SSSR count). The van der Waals surface area contributed by atoms with Gasteiger partial charge in [0.1, 0.15) is 11.6 Å². The molecule has 1 aliphatic rings. The number of aromatic nitrogens is 2. The average Bonchev–Trinajstić information content (AvgIpc) is 3.15. The molecule has 6 nitrogen and oxygen atoms in total. The van der Waals surface area contributed by atoms with Gasteiger partial charge in [0.25, 0.3) is 5.91 Å². The van der Waals surface area contributed by atoms with Crippen LogP contribution in [0.3, 0.4) is 0 Å². The number of carbonyl (C=O) groups is 1. The number of hydrogen-bond acceptors (Lipinski definition) is 4. The summed E-state index contributed by atoms with van der Waals surface area (Å²) in [4.78, 5) is 17.0. The molecule has 1 aliphatic heterocycles. The van der Waals surface area contributed by atoms with E-state index in [9.17, 15) is 9.18 Å². The summed E-state index contributed by atoms with van der Waals surface area (Å²) in [5.41, 5.74) is 3.09. The molecule has 0 bridgehead atoms. The van der Waals surface area contributed by atoms with Gasteiger partial charge in [0.05, 0.1) is 12.8 Å². The summed E-state index contributed by atoms with van der Waals surface area (Å²) < 4.78 is 20.0. The quantitative estimate of drug-likeness (QED) is 0.681. The van der Waals surface area contributed by atoms with E-state index < -0.39 is 0 Å². The number of anilines is 1. The molecular weight excluding hydrogens is 371 g/mol. The van der Waals surface area contributed by atoms with Crippen molar-refractivity contribution in [2.75, 3.05) is 38.2 Å². The lowest BCUT2D eigenvalue weighted by Crippen LogP contribution is -2.48. The number of ether oxygens (including phenoxy) is 1. The van der Waals surface area contributed by atoms with Crippen molar-refractivity contribution in [1.29, 1.82) is 0 Å². The summed E-state index contributed by atoms with van der Waals surface area (Å²) in [5.74, 6) is 0.447. The van der Waals surface area contributed by atoms with Gasteiger partial charge in [-0.05, 0) is 61.5 Å². The third-order valence-corrected chi connectivity index (χ3v) is 5.18. The lowest BCUT2D eigenvalue weighted by molar-refractivity contribution is 0.0740. The van der Waals surface area contributed by atoms with Gasteiger partial charge < -0.3 is 14.5 Å². The fourth-order valence-electron chi connectivity index (χ4n) is 3.55. The minimum Gasteiger partial charge on any atom is -0.497 e. The molecule has 7 heteroatoms. The summed E-state index contributed by atoms with van der Waals surface area (Å²) in [5, 5.41) is 4.46. The van der Waals surface area contributed by atoms with Gasteiger partial charge >= 0.3 is 0 Å². The first kappa shape index (κ1) is 19.0. The van der Waals surface area contributed by atoms with E-state index in [1.54, 1.807) is 30.0 Å². The van der Waals surface area contributed by atoms with E-state index in [2.05, 4.69) is 10.00 Å². The van der Waals surface area contributed by atoms with Crippen molar-refractivity contribution >= 4 is 11.6 Å². The Bertz CT molecular complexity index is 991. The summed E-state index contributed by atoms with van der Waals surface area (Å²) >= 11 is 0. The lowest BCUT2D eigenvalue weighted by Gasteiger charge is -2.35. The molecule has 150 valence electrons. The van der Waals surface area contributed by atoms with E-state index in [1.807, 2.05) is 36.1 Å². The second-order valence-corrected chi connectivity index (χ2v) is 7.04. The number of hydrogen-bond donors (Lipinski definition) is 0. The third-order valence-electron chi connectivity index (χ3n) is 5.18. The van der Waals surface area contributed by atoms with Crippen molar-refractivity contribution in [2.24, 2.45) is 0 Å². The van der Waals surface area contributed by atoms with Gasteiger partial charge in [-0.15, -0.1) is 0 Å². The number of rotatable bonds is 4. The zero-order chi connectivity index (χ0) is 20.4. The highest BCUT2D eigenvalue weighted by Crippen LogP contribution is 2.21. The topological polar surface area (TPSA) is 50.6 Å². The number of carbonyl (C=O) groups excluding carboxylic acids is 1. The van der Waals surface area contributed by atoms with E-state index in [1.165, 1.54) is 12.1 Å². The van der Waals surface area contributed by atoms with E-state index >= 15 is 0 Å². The Morgan fingerprint density at radius 3 is 2.21 bits per heavy atom. The second kappa shape index (κ2) is 7.95. The van der Waals surface area contributed by atoms with Crippen molar-refractivity contribution in [1.82, 2.24) is 14.7 Å². The minimum atomic E-state index is -0.301. The molecule has 0 unspecified atom stereocenters. The second-order valence-electron chi connectivity index (χ2n) is 7.04. The Morgan fingerprint density at radius 2 is 1.59 bits per heavy atom. The van der Waals surface area contributed by atoms with Gasteiger partial charge in [-0.3, -0.25) is 4.79 Å². The van der Waals surface area contributed by atoms with Gasteiger partial charge in [0, 0.05) is 37.6 Å². The SMILES string of the molecule is COc1ccc(N2CCN(C(=O)c3cc(C)n(-c4ccc(F)cc4)n3)CC2)cc1. The van der Waals surface area contributed by atoms with Crippen LogP contribution in [0.1, 0.15) is 16.2 Å². The van der Waals surface area contributed by atoms with Crippen LogP contribution in [-0.2, 0) is 0 Å². The molecular formula is C22H23FN4O2. The van der Waals surface area contributed by atoms with Gasteiger partial charge in [-0.25, -0.2) is 9.07 Å². The Balaban J connectivity index is 1.43. The van der Waals surface area contributed by atoms with Crippen molar-refractivity contribution < 1.29 is 13.9 Å². The van der Waals surface area contributed by atoms with Crippen LogP contribution in [0.2, 0.25) is 0 Å². The van der Waals surface area contributed by atoms with Crippen molar-refractivity contribution in [3.8, 4) is 11.4 Å². The fraction of sp³-hybridized carbons (Fsp3) is 0.273. The molecule has 0 radical (unpaired) electrons. The van der Waals surface area contributed by atoms with E-state index in [-0.39, 0.29) is 11.7 Å². The van der Waals surface area contributed by atoms with Crippen molar-refractivity contribution in [3.63, 3.8) is 0 Å². The molecule has 1 amide bonds. The van der Waals surface area contributed by atoms with E-state index in [4.69, 9.17) is 4.74 Å². The maximum Gasteiger partial charge on any atom is 0.274 e. The number of aryl methyl sites for hydroxylation is 1. The minimum absolute atomic E-state index is 0.0802. The third kappa shape index (κ3) is 3.94. The maximum absolute atomic E-state index is 13.2. The highest BCUT2D eigenvalue weighted by Gasteiger charge is 2.24. The first-order chi connectivity index (χ1) is 14.0. The first-order valence-corrected chi connectivity index (χ1v) is 9.56. The number of benzene rings is 2. The summed E-state index contributed by atoms with van der Waals surface area (Å²) in [6.45, 7) is 4.67.